The van der Waals surface area contributed by atoms with E-state index in [4.69, 9.17) is 0 Å². The fraction of sp³-hybridized carbons (Fsp3) is 0.605. The lowest BCUT2D eigenvalue weighted by molar-refractivity contribution is -0.123. The number of carbonyl (C=O) groups excluding carboxylic acids is 1. The summed E-state index contributed by atoms with van der Waals surface area (Å²) in [6.07, 6.45) is 56.4. The van der Waals surface area contributed by atoms with Crippen molar-refractivity contribution >= 4 is 5.91 Å². The molecule has 0 saturated heterocycles. The summed E-state index contributed by atoms with van der Waals surface area (Å²) in [6.45, 7) is 4.13. The fourth-order valence-electron chi connectivity index (χ4n) is 4.92. The molecule has 0 aromatic rings. The number of hydrogen-bond acceptors (Lipinski definition) is 3. The summed E-state index contributed by atoms with van der Waals surface area (Å²) in [5.41, 5.74) is 0. The molecule has 0 fully saturated rings. The van der Waals surface area contributed by atoms with E-state index < -0.39 is 12.1 Å². The zero-order chi connectivity index (χ0) is 34.3. The van der Waals surface area contributed by atoms with Crippen LogP contribution in [0.1, 0.15) is 149 Å². The maximum Gasteiger partial charge on any atom is 0.220 e. The van der Waals surface area contributed by atoms with Gasteiger partial charge in [-0.15, -0.1) is 0 Å². The molecule has 0 aromatic heterocycles. The second-order valence-electron chi connectivity index (χ2n) is 12.3. The molecule has 0 bridgehead atoms. The van der Waals surface area contributed by atoms with Gasteiger partial charge in [-0.05, 0) is 77.0 Å². The van der Waals surface area contributed by atoms with E-state index in [-0.39, 0.29) is 12.5 Å². The lowest BCUT2D eigenvalue weighted by Crippen LogP contribution is -2.45. The summed E-state index contributed by atoms with van der Waals surface area (Å²) < 4.78 is 0. The van der Waals surface area contributed by atoms with Crippen LogP contribution in [0.15, 0.2) is 97.2 Å². The molecule has 0 saturated carbocycles. The van der Waals surface area contributed by atoms with Crippen LogP contribution in [0.2, 0.25) is 0 Å². The third-order valence-electron chi connectivity index (χ3n) is 7.82. The molecule has 1 amide bonds. The van der Waals surface area contributed by atoms with E-state index in [1.165, 1.54) is 44.9 Å². The Morgan fingerprint density at radius 2 is 0.936 bits per heavy atom. The lowest BCUT2D eigenvalue weighted by atomic mass is 10.1. The smallest absolute Gasteiger partial charge is 0.220 e. The monoisotopic (exact) mass is 650 g/mol. The second-order valence-corrected chi connectivity index (χ2v) is 12.3. The van der Waals surface area contributed by atoms with Crippen molar-refractivity contribution in [2.75, 3.05) is 6.61 Å². The summed E-state index contributed by atoms with van der Waals surface area (Å²) >= 11 is 0. The quantitative estimate of drug-likeness (QED) is 0.0502. The topological polar surface area (TPSA) is 69.6 Å². The van der Waals surface area contributed by atoms with Crippen LogP contribution >= 0.6 is 0 Å². The van der Waals surface area contributed by atoms with Gasteiger partial charge in [0, 0.05) is 6.42 Å². The number of rotatable bonds is 32. The van der Waals surface area contributed by atoms with Crippen molar-refractivity contribution in [1.82, 2.24) is 5.32 Å². The summed E-state index contributed by atoms with van der Waals surface area (Å²) in [5, 5.41) is 22.8. The normalized spacial score (nSPS) is 14.2. The minimum Gasteiger partial charge on any atom is -0.394 e. The molecule has 4 heteroatoms. The molecular formula is C43H71NO3. The first-order chi connectivity index (χ1) is 23.2. The van der Waals surface area contributed by atoms with Crippen LogP contribution in [0.25, 0.3) is 0 Å². The number of aliphatic hydroxyl groups excluding tert-OH is 2. The number of hydrogen-bond donors (Lipinski definition) is 3. The molecule has 0 aliphatic rings. The Morgan fingerprint density at radius 3 is 1.40 bits per heavy atom. The van der Waals surface area contributed by atoms with E-state index in [1.807, 2.05) is 6.08 Å². The second kappa shape index (κ2) is 37.8. The van der Waals surface area contributed by atoms with Gasteiger partial charge in [0.1, 0.15) is 0 Å². The molecule has 4 nitrogen and oxygen atoms in total. The first-order valence-electron chi connectivity index (χ1n) is 19.0. The third kappa shape index (κ3) is 34.5. The van der Waals surface area contributed by atoms with E-state index in [9.17, 15) is 15.0 Å². The number of allylic oxidation sites excluding steroid dienone is 15. The highest BCUT2D eigenvalue weighted by Crippen LogP contribution is 2.10. The van der Waals surface area contributed by atoms with Crippen LogP contribution in [0.4, 0.5) is 0 Å². The van der Waals surface area contributed by atoms with Crippen LogP contribution in [-0.4, -0.2) is 34.9 Å². The van der Waals surface area contributed by atoms with Crippen molar-refractivity contribution in [3.63, 3.8) is 0 Å². The number of unbranched alkanes of at least 4 members (excludes halogenated alkanes) is 11. The van der Waals surface area contributed by atoms with Crippen molar-refractivity contribution in [2.24, 2.45) is 0 Å². The summed E-state index contributed by atoms with van der Waals surface area (Å²) in [6, 6.07) is -0.644. The molecule has 0 spiro atoms. The molecule has 0 radical (unpaired) electrons. The van der Waals surface area contributed by atoms with Gasteiger partial charge in [0.05, 0.1) is 18.8 Å². The number of amides is 1. The number of carbonyl (C=O) groups is 1. The van der Waals surface area contributed by atoms with Crippen LogP contribution in [0.3, 0.4) is 0 Å². The Kier molecular flexibility index (Phi) is 35.6. The molecule has 266 valence electrons. The van der Waals surface area contributed by atoms with Crippen molar-refractivity contribution in [3.8, 4) is 0 Å². The average Bonchev–Trinajstić information content (AvgIpc) is 3.07. The molecule has 0 heterocycles. The van der Waals surface area contributed by atoms with Crippen molar-refractivity contribution < 1.29 is 15.0 Å². The zero-order valence-electron chi connectivity index (χ0n) is 30.3. The van der Waals surface area contributed by atoms with Crippen LogP contribution < -0.4 is 5.32 Å². The Balaban J connectivity index is 3.76. The van der Waals surface area contributed by atoms with Gasteiger partial charge in [-0.3, -0.25) is 4.79 Å². The SMILES string of the molecule is CC/C=C\C/C=C\C/C=C\C/C=C\C/C=C\C/C=C\C/C=C\CCCCCC(=O)NC(CO)C(O)/C=C/CCCCCCCCCC. The minimum atomic E-state index is -0.857. The zero-order valence-corrected chi connectivity index (χ0v) is 30.3. The summed E-state index contributed by atoms with van der Waals surface area (Å²) in [7, 11) is 0. The highest BCUT2D eigenvalue weighted by atomic mass is 16.3. The van der Waals surface area contributed by atoms with Crippen LogP contribution in [-0.2, 0) is 4.79 Å². The number of nitrogens with one attached hydrogen (secondary N) is 1. The van der Waals surface area contributed by atoms with Crippen molar-refractivity contribution in [2.45, 2.75) is 161 Å². The van der Waals surface area contributed by atoms with E-state index in [0.29, 0.717) is 6.42 Å². The van der Waals surface area contributed by atoms with Gasteiger partial charge in [0.2, 0.25) is 5.91 Å². The van der Waals surface area contributed by atoms with Gasteiger partial charge in [-0.1, -0.05) is 162 Å². The Morgan fingerprint density at radius 1 is 0.532 bits per heavy atom. The Labute approximate surface area is 290 Å². The largest absolute Gasteiger partial charge is 0.394 e. The van der Waals surface area contributed by atoms with Gasteiger partial charge in [0.15, 0.2) is 0 Å². The molecule has 0 aliphatic heterocycles. The maximum absolute atomic E-state index is 12.3. The van der Waals surface area contributed by atoms with E-state index in [0.717, 1.165) is 83.5 Å². The Hall–Kier alpha value is -2.69. The Bertz CT molecular complexity index is 921. The first-order valence-corrected chi connectivity index (χ1v) is 19.0. The predicted molar refractivity (Wildman–Crippen MR) is 206 cm³/mol. The lowest BCUT2D eigenvalue weighted by Gasteiger charge is -2.19. The molecule has 47 heavy (non-hydrogen) atoms. The van der Waals surface area contributed by atoms with Crippen LogP contribution in [0, 0.1) is 0 Å². The molecule has 0 aromatic carbocycles. The van der Waals surface area contributed by atoms with E-state index in [2.05, 4.69) is 104 Å². The van der Waals surface area contributed by atoms with Crippen molar-refractivity contribution in [1.29, 1.82) is 0 Å². The summed E-state index contributed by atoms with van der Waals surface area (Å²) in [5.74, 6) is -0.104. The predicted octanol–water partition coefficient (Wildman–Crippen LogP) is 11.5. The van der Waals surface area contributed by atoms with Gasteiger partial charge in [-0.2, -0.15) is 0 Å². The third-order valence-corrected chi connectivity index (χ3v) is 7.82. The minimum absolute atomic E-state index is 0.104. The van der Waals surface area contributed by atoms with Gasteiger partial charge in [-0.25, -0.2) is 0 Å². The molecule has 0 rings (SSSR count). The van der Waals surface area contributed by atoms with Gasteiger partial charge >= 0.3 is 0 Å². The maximum atomic E-state index is 12.3. The summed E-state index contributed by atoms with van der Waals surface area (Å²) in [4.78, 5) is 12.3. The highest BCUT2D eigenvalue weighted by Gasteiger charge is 2.17. The molecule has 2 unspecified atom stereocenters. The average molecular weight is 650 g/mol. The molecular weight excluding hydrogens is 578 g/mol. The van der Waals surface area contributed by atoms with Crippen molar-refractivity contribution in [3.05, 3.63) is 97.2 Å². The first kappa shape index (κ1) is 44.3. The highest BCUT2D eigenvalue weighted by molar-refractivity contribution is 5.76. The molecule has 0 aliphatic carbocycles. The van der Waals surface area contributed by atoms with Gasteiger partial charge < -0.3 is 15.5 Å². The molecule has 2 atom stereocenters. The number of aliphatic hydroxyl groups is 2. The fourth-order valence-corrected chi connectivity index (χ4v) is 4.92. The van der Waals surface area contributed by atoms with E-state index in [1.54, 1.807) is 6.08 Å². The molecule has 3 N–H and O–H groups in total. The van der Waals surface area contributed by atoms with Gasteiger partial charge in [0.25, 0.3) is 0 Å². The van der Waals surface area contributed by atoms with Crippen LogP contribution in [0.5, 0.6) is 0 Å². The standard InChI is InChI=1S/C43H71NO3/c1-3-5-7-9-11-13-15-16-17-18-19-20-21-22-23-24-25-26-27-28-29-31-33-35-37-39-43(47)44-41(40-45)42(46)38-36-34-32-30-14-12-10-8-6-4-2/h5,7,11,13,16-17,19-20,22-23,25-26,28-29,36,38,41-42,45-46H,3-4,6,8-10,12,14-15,18,21,24,27,30-35,37,39-40H2,1-2H3,(H,44,47)/b7-5-,13-11-,17-16-,20-19-,23-22-,26-25-,29-28-,38-36+. The van der Waals surface area contributed by atoms with E-state index >= 15 is 0 Å².